The Morgan fingerprint density at radius 1 is 1.41 bits per heavy atom. The van der Waals surface area contributed by atoms with Gasteiger partial charge in [-0.1, -0.05) is 6.07 Å². The highest BCUT2D eigenvalue weighted by Gasteiger charge is 2.18. The summed E-state index contributed by atoms with van der Waals surface area (Å²) in [5, 5.41) is 12.9. The zero-order chi connectivity index (χ0) is 13.0. The number of esters is 1. The van der Waals surface area contributed by atoms with Gasteiger partial charge in [0.1, 0.15) is 0 Å². The van der Waals surface area contributed by atoms with Crippen molar-refractivity contribution in [2.24, 2.45) is 0 Å². The Morgan fingerprint density at radius 3 is 2.59 bits per heavy atom. The third kappa shape index (κ3) is 2.77. The van der Waals surface area contributed by atoms with E-state index in [-0.39, 0.29) is 16.9 Å². The molecule has 0 heterocycles. The van der Waals surface area contributed by atoms with E-state index in [0.29, 0.717) is 0 Å². The number of nitrogens with zero attached hydrogens (tertiary/aromatic N) is 1. The van der Waals surface area contributed by atoms with Gasteiger partial charge in [-0.25, -0.2) is 4.79 Å². The summed E-state index contributed by atoms with van der Waals surface area (Å²) in [4.78, 5) is 32.2. The van der Waals surface area contributed by atoms with Gasteiger partial charge in [0.2, 0.25) is 0 Å². The molecule has 0 aliphatic rings. The molecule has 1 aromatic carbocycles. The molecule has 7 heteroatoms. The van der Waals surface area contributed by atoms with Crippen LogP contribution >= 0.6 is 0 Å². The second-order valence-corrected chi connectivity index (χ2v) is 3.15. The van der Waals surface area contributed by atoms with Crippen molar-refractivity contribution in [3.63, 3.8) is 0 Å². The molecule has 0 bridgehead atoms. The van der Waals surface area contributed by atoms with E-state index in [1.807, 2.05) is 0 Å². The average Bonchev–Trinajstić information content (AvgIpc) is 2.30. The molecular weight excluding hydrogens is 228 g/mol. The molecule has 0 aromatic heterocycles. The summed E-state index contributed by atoms with van der Waals surface area (Å²) in [5.41, 5.74) is 0.344. The Kier molecular flexibility index (Phi) is 3.76. The van der Waals surface area contributed by atoms with Gasteiger partial charge in [0.15, 0.2) is 0 Å². The summed E-state index contributed by atoms with van der Waals surface area (Å²) in [6, 6.07) is 4.18. The van der Waals surface area contributed by atoms with Crippen LogP contribution in [0, 0.1) is 17.0 Å². The maximum Gasteiger partial charge on any atom is 0.396 e. The van der Waals surface area contributed by atoms with Crippen molar-refractivity contribution >= 4 is 23.3 Å². The molecule has 0 aliphatic carbocycles. The van der Waals surface area contributed by atoms with Gasteiger partial charge in [-0.2, -0.15) is 0 Å². The molecule has 17 heavy (non-hydrogen) atoms. The lowest BCUT2D eigenvalue weighted by Gasteiger charge is -2.06. The second-order valence-electron chi connectivity index (χ2n) is 3.15. The minimum absolute atomic E-state index is 0.132. The van der Waals surface area contributed by atoms with Crippen LogP contribution in [-0.4, -0.2) is 23.9 Å². The Hall–Kier alpha value is -2.44. The molecule has 0 spiro atoms. The van der Waals surface area contributed by atoms with Crippen molar-refractivity contribution in [3.05, 3.63) is 33.9 Å². The lowest BCUT2D eigenvalue weighted by atomic mass is 10.1. The van der Waals surface area contributed by atoms with Crippen molar-refractivity contribution < 1.29 is 19.2 Å². The minimum Gasteiger partial charge on any atom is -0.462 e. The summed E-state index contributed by atoms with van der Waals surface area (Å²) in [5.74, 6) is -2.04. The number of nitrogens with one attached hydrogen (secondary N) is 1. The predicted molar refractivity (Wildman–Crippen MR) is 58.5 cm³/mol. The van der Waals surface area contributed by atoms with Crippen LogP contribution < -0.4 is 5.32 Å². The molecule has 0 radical (unpaired) electrons. The number of benzene rings is 1. The van der Waals surface area contributed by atoms with E-state index >= 15 is 0 Å². The predicted octanol–water partition coefficient (Wildman–Crippen LogP) is 1.01. The van der Waals surface area contributed by atoms with Crippen molar-refractivity contribution in [1.29, 1.82) is 0 Å². The first-order chi connectivity index (χ1) is 7.97. The maximum absolute atomic E-state index is 11.2. The van der Waals surface area contributed by atoms with E-state index in [0.717, 1.165) is 7.11 Å². The van der Waals surface area contributed by atoms with Crippen molar-refractivity contribution in [1.82, 2.24) is 0 Å². The van der Waals surface area contributed by atoms with Gasteiger partial charge in [-0.3, -0.25) is 14.9 Å². The van der Waals surface area contributed by atoms with Crippen LogP contribution in [0.15, 0.2) is 18.2 Å². The van der Waals surface area contributed by atoms with Crippen LogP contribution in [0.4, 0.5) is 11.4 Å². The first kappa shape index (κ1) is 12.6. The van der Waals surface area contributed by atoms with E-state index in [2.05, 4.69) is 10.1 Å². The summed E-state index contributed by atoms with van der Waals surface area (Å²) < 4.78 is 4.22. The smallest absolute Gasteiger partial charge is 0.396 e. The molecule has 0 unspecified atom stereocenters. The molecule has 7 nitrogen and oxygen atoms in total. The summed E-state index contributed by atoms with van der Waals surface area (Å²) in [6.07, 6.45) is 0. The number of nitro benzene ring substituents is 1. The molecule has 0 saturated carbocycles. The highest BCUT2D eigenvalue weighted by molar-refractivity contribution is 6.37. The van der Waals surface area contributed by atoms with Crippen molar-refractivity contribution in [3.8, 4) is 0 Å². The van der Waals surface area contributed by atoms with Gasteiger partial charge in [-0.05, 0) is 13.0 Å². The number of amides is 1. The van der Waals surface area contributed by atoms with Crippen molar-refractivity contribution in [2.75, 3.05) is 12.4 Å². The molecule has 1 amide bonds. The molecule has 1 N–H and O–H groups in total. The number of ether oxygens (including phenoxy) is 1. The topological polar surface area (TPSA) is 98.5 Å². The van der Waals surface area contributed by atoms with Crippen LogP contribution in [0.25, 0.3) is 0 Å². The SMILES string of the molecule is COC(=O)C(=O)Nc1cccc([N+](=O)[O-])c1C. The molecule has 1 rings (SSSR count). The fourth-order valence-corrected chi connectivity index (χ4v) is 1.22. The van der Waals surface area contributed by atoms with Crippen LogP contribution in [0.1, 0.15) is 5.56 Å². The van der Waals surface area contributed by atoms with Crippen LogP contribution in [0.5, 0.6) is 0 Å². The van der Waals surface area contributed by atoms with Gasteiger partial charge >= 0.3 is 11.9 Å². The fraction of sp³-hybridized carbons (Fsp3) is 0.200. The number of hydrogen-bond acceptors (Lipinski definition) is 5. The highest BCUT2D eigenvalue weighted by atomic mass is 16.6. The Bertz CT molecular complexity index is 484. The number of rotatable bonds is 2. The third-order valence-corrected chi connectivity index (χ3v) is 2.12. The minimum atomic E-state index is -1.06. The zero-order valence-corrected chi connectivity index (χ0v) is 9.22. The number of anilines is 1. The van der Waals surface area contributed by atoms with E-state index in [1.165, 1.54) is 25.1 Å². The second kappa shape index (κ2) is 5.06. The Balaban J connectivity index is 3.00. The molecular formula is C10H10N2O5. The monoisotopic (exact) mass is 238 g/mol. The standard InChI is InChI=1S/C10H10N2O5/c1-6-7(11-9(13)10(14)17-2)4-3-5-8(6)12(15)16/h3-5H,1-2H3,(H,11,13). The summed E-state index contributed by atoms with van der Waals surface area (Å²) in [7, 11) is 1.07. The van der Waals surface area contributed by atoms with Crippen LogP contribution in [0.2, 0.25) is 0 Å². The first-order valence-corrected chi connectivity index (χ1v) is 4.60. The molecule has 0 fully saturated rings. The first-order valence-electron chi connectivity index (χ1n) is 4.60. The third-order valence-electron chi connectivity index (χ3n) is 2.12. The summed E-state index contributed by atoms with van der Waals surface area (Å²) >= 11 is 0. The maximum atomic E-state index is 11.2. The van der Waals surface area contributed by atoms with Gasteiger partial charge in [-0.15, -0.1) is 0 Å². The number of nitro groups is 1. The zero-order valence-electron chi connectivity index (χ0n) is 9.22. The molecule has 1 aromatic rings. The summed E-state index contributed by atoms with van der Waals surface area (Å²) in [6.45, 7) is 1.48. The molecule has 0 aliphatic heterocycles. The van der Waals surface area contributed by atoms with Gasteiger partial charge < -0.3 is 10.1 Å². The molecule has 90 valence electrons. The van der Waals surface area contributed by atoms with E-state index in [1.54, 1.807) is 0 Å². The van der Waals surface area contributed by atoms with Crippen LogP contribution in [0.3, 0.4) is 0 Å². The lowest BCUT2D eigenvalue weighted by Crippen LogP contribution is -2.24. The highest BCUT2D eigenvalue weighted by Crippen LogP contribution is 2.24. The molecule has 0 atom stereocenters. The van der Waals surface area contributed by atoms with E-state index in [9.17, 15) is 19.7 Å². The number of hydrogen-bond donors (Lipinski definition) is 1. The fourth-order valence-electron chi connectivity index (χ4n) is 1.22. The normalized spacial score (nSPS) is 9.53. The van der Waals surface area contributed by atoms with Crippen molar-refractivity contribution in [2.45, 2.75) is 6.92 Å². The number of carbonyl (C=O) groups is 2. The average molecular weight is 238 g/mol. The number of carbonyl (C=O) groups excluding carboxylic acids is 2. The quantitative estimate of drug-likeness (QED) is 0.359. The molecule has 0 saturated heterocycles. The lowest BCUT2D eigenvalue weighted by molar-refractivity contribution is -0.385. The van der Waals surface area contributed by atoms with Gasteiger partial charge in [0.25, 0.3) is 5.69 Å². The van der Waals surface area contributed by atoms with E-state index < -0.39 is 16.8 Å². The number of methoxy groups -OCH3 is 1. The van der Waals surface area contributed by atoms with Gasteiger partial charge in [0.05, 0.1) is 23.3 Å². The van der Waals surface area contributed by atoms with Gasteiger partial charge in [0, 0.05) is 6.07 Å². The van der Waals surface area contributed by atoms with Crippen LogP contribution in [-0.2, 0) is 14.3 Å². The Labute approximate surface area is 96.5 Å². The van der Waals surface area contributed by atoms with E-state index in [4.69, 9.17) is 0 Å². The largest absolute Gasteiger partial charge is 0.462 e. The Morgan fingerprint density at radius 2 is 2.06 bits per heavy atom.